The fourth-order valence-electron chi connectivity index (χ4n) is 3.41. The van der Waals surface area contributed by atoms with Gasteiger partial charge in [-0.15, -0.1) is 0 Å². The van der Waals surface area contributed by atoms with E-state index in [1.165, 1.54) is 17.2 Å². The van der Waals surface area contributed by atoms with Gasteiger partial charge >= 0.3 is 5.63 Å². The summed E-state index contributed by atoms with van der Waals surface area (Å²) in [6.07, 6.45) is 0. The maximum Gasteiger partial charge on any atom is 0.336 e. The lowest BCUT2D eigenvalue weighted by Crippen LogP contribution is -2.45. The molecule has 0 atom stereocenters. The molecule has 1 fully saturated rings. The molecular weight excluding hydrogens is 312 g/mol. The van der Waals surface area contributed by atoms with E-state index in [2.05, 4.69) is 46.2 Å². The highest BCUT2D eigenvalue weighted by atomic mass is 16.4. The Kier molecular flexibility index (Phi) is 4.63. The molecule has 0 unspecified atom stereocenters. The number of rotatable bonds is 4. The molecule has 1 saturated heterocycles. The van der Waals surface area contributed by atoms with Crippen molar-refractivity contribution in [3.05, 3.63) is 82.2 Å². The van der Waals surface area contributed by atoms with Gasteiger partial charge in [-0.2, -0.15) is 0 Å². The van der Waals surface area contributed by atoms with E-state index >= 15 is 0 Å². The summed E-state index contributed by atoms with van der Waals surface area (Å²) in [6.45, 7) is 6.20. The zero-order valence-corrected chi connectivity index (χ0v) is 14.2. The van der Waals surface area contributed by atoms with Crippen LogP contribution in [-0.4, -0.2) is 36.0 Å². The molecule has 4 rings (SSSR count). The summed E-state index contributed by atoms with van der Waals surface area (Å²) in [5, 5.41) is 0.969. The van der Waals surface area contributed by atoms with Gasteiger partial charge in [0, 0.05) is 50.7 Å². The highest BCUT2D eigenvalue weighted by Crippen LogP contribution is 2.17. The van der Waals surface area contributed by atoms with Crippen molar-refractivity contribution < 1.29 is 4.42 Å². The van der Waals surface area contributed by atoms with Gasteiger partial charge in [0.15, 0.2) is 0 Å². The third-order valence-electron chi connectivity index (χ3n) is 4.81. The summed E-state index contributed by atoms with van der Waals surface area (Å²) in [5.41, 5.74) is 2.95. The number of benzene rings is 2. The third-order valence-corrected chi connectivity index (χ3v) is 4.81. The van der Waals surface area contributed by atoms with Gasteiger partial charge in [-0.3, -0.25) is 9.80 Å². The van der Waals surface area contributed by atoms with Crippen LogP contribution in [0.2, 0.25) is 0 Å². The minimum absolute atomic E-state index is 0.292. The molecule has 0 N–H and O–H groups in total. The second-order valence-corrected chi connectivity index (χ2v) is 6.66. The van der Waals surface area contributed by atoms with Crippen LogP contribution in [0, 0.1) is 0 Å². The standard InChI is InChI=1S/C21H22N2O2/c24-21-9-8-19-7-6-18(14-20(19)25-21)16-23-12-10-22(11-13-23)15-17-4-2-1-3-5-17/h1-9,14H,10-13,15-16H2. The van der Waals surface area contributed by atoms with E-state index in [-0.39, 0.29) is 5.63 Å². The van der Waals surface area contributed by atoms with Gasteiger partial charge in [-0.05, 0) is 23.3 Å². The molecule has 0 radical (unpaired) electrons. The monoisotopic (exact) mass is 334 g/mol. The summed E-state index contributed by atoms with van der Waals surface area (Å²) >= 11 is 0. The number of piperazine rings is 1. The van der Waals surface area contributed by atoms with Gasteiger partial charge < -0.3 is 4.42 Å². The fourth-order valence-corrected chi connectivity index (χ4v) is 3.41. The van der Waals surface area contributed by atoms with E-state index < -0.39 is 0 Å². The molecule has 1 aromatic heterocycles. The van der Waals surface area contributed by atoms with Crippen molar-refractivity contribution in [1.82, 2.24) is 9.80 Å². The molecule has 0 amide bonds. The largest absolute Gasteiger partial charge is 0.423 e. The molecule has 3 aromatic rings. The van der Waals surface area contributed by atoms with Gasteiger partial charge in [-0.1, -0.05) is 42.5 Å². The highest BCUT2D eigenvalue weighted by molar-refractivity contribution is 5.76. The van der Waals surface area contributed by atoms with E-state index in [0.717, 1.165) is 44.7 Å². The average Bonchev–Trinajstić information content (AvgIpc) is 2.64. The van der Waals surface area contributed by atoms with E-state index in [9.17, 15) is 4.79 Å². The Balaban J connectivity index is 1.36. The molecular formula is C21H22N2O2. The first kappa shape index (κ1) is 16.1. The zero-order chi connectivity index (χ0) is 17.1. The van der Waals surface area contributed by atoms with Crippen molar-refractivity contribution in [3.63, 3.8) is 0 Å². The molecule has 0 bridgehead atoms. The van der Waals surface area contributed by atoms with Crippen molar-refractivity contribution in [2.75, 3.05) is 26.2 Å². The maximum atomic E-state index is 11.4. The third kappa shape index (κ3) is 3.98. The Labute approximate surface area is 147 Å². The van der Waals surface area contributed by atoms with Crippen molar-refractivity contribution in [2.45, 2.75) is 13.1 Å². The Morgan fingerprint density at radius 3 is 2.12 bits per heavy atom. The Bertz CT molecular complexity index is 896. The van der Waals surface area contributed by atoms with Crippen LogP contribution in [0.1, 0.15) is 11.1 Å². The number of hydrogen-bond acceptors (Lipinski definition) is 4. The number of nitrogens with zero attached hydrogens (tertiary/aromatic N) is 2. The molecule has 0 spiro atoms. The second-order valence-electron chi connectivity index (χ2n) is 6.66. The molecule has 0 saturated carbocycles. The SMILES string of the molecule is O=c1ccc2ccc(CN3CCN(Cc4ccccc4)CC3)cc2o1. The van der Waals surface area contributed by atoms with Crippen LogP contribution < -0.4 is 5.63 Å². The van der Waals surface area contributed by atoms with E-state index in [4.69, 9.17) is 4.42 Å². The van der Waals surface area contributed by atoms with Gasteiger partial charge in [0.25, 0.3) is 0 Å². The lowest BCUT2D eigenvalue weighted by molar-refractivity contribution is 0.122. The zero-order valence-electron chi connectivity index (χ0n) is 14.2. The van der Waals surface area contributed by atoms with Crippen LogP contribution in [0.4, 0.5) is 0 Å². The number of hydrogen-bond donors (Lipinski definition) is 0. The quantitative estimate of drug-likeness (QED) is 0.687. The predicted octanol–water partition coefficient (Wildman–Crippen LogP) is 3.11. The summed E-state index contributed by atoms with van der Waals surface area (Å²) in [7, 11) is 0. The van der Waals surface area contributed by atoms with Crippen LogP contribution in [0.3, 0.4) is 0 Å². The van der Waals surface area contributed by atoms with E-state index in [0.29, 0.717) is 5.58 Å². The molecule has 2 aromatic carbocycles. The average molecular weight is 334 g/mol. The van der Waals surface area contributed by atoms with Gasteiger partial charge in [0.2, 0.25) is 0 Å². The van der Waals surface area contributed by atoms with E-state index in [1.807, 2.05) is 18.2 Å². The number of fused-ring (bicyclic) bond motifs is 1. The van der Waals surface area contributed by atoms with Gasteiger partial charge in [0.1, 0.15) is 5.58 Å². The van der Waals surface area contributed by atoms with Crippen LogP contribution >= 0.6 is 0 Å². The van der Waals surface area contributed by atoms with Crippen molar-refractivity contribution >= 4 is 11.0 Å². The Morgan fingerprint density at radius 1 is 0.760 bits per heavy atom. The van der Waals surface area contributed by atoms with E-state index in [1.54, 1.807) is 0 Å². The maximum absolute atomic E-state index is 11.4. The predicted molar refractivity (Wildman–Crippen MR) is 99.5 cm³/mol. The highest BCUT2D eigenvalue weighted by Gasteiger charge is 2.17. The van der Waals surface area contributed by atoms with Crippen molar-refractivity contribution in [1.29, 1.82) is 0 Å². The molecule has 0 aliphatic carbocycles. The van der Waals surface area contributed by atoms with Crippen LogP contribution in [0.15, 0.2) is 69.9 Å². The minimum atomic E-state index is -0.292. The summed E-state index contributed by atoms with van der Waals surface area (Å²) < 4.78 is 5.29. The van der Waals surface area contributed by atoms with Crippen LogP contribution in [0.25, 0.3) is 11.0 Å². The molecule has 25 heavy (non-hydrogen) atoms. The molecule has 128 valence electrons. The Morgan fingerprint density at radius 2 is 1.40 bits per heavy atom. The lowest BCUT2D eigenvalue weighted by atomic mass is 10.1. The normalized spacial score (nSPS) is 16.3. The van der Waals surface area contributed by atoms with Crippen LogP contribution in [0.5, 0.6) is 0 Å². The first-order valence-corrected chi connectivity index (χ1v) is 8.78. The topological polar surface area (TPSA) is 36.7 Å². The van der Waals surface area contributed by atoms with Crippen LogP contribution in [-0.2, 0) is 13.1 Å². The molecule has 1 aliphatic heterocycles. The molecule has 1 aliphatic rings. The molecule has 2 heterocycles. The second kappa shape index (κ2) is 7.21. The van der Waals surface area contributed by atoms with Gasteiger partial charge in [-0.25, -0.2) is 4.79 Å². The lowest BCUT2D eigenvalue weighted by Gasteiger charge is -2.34. The molecule has 4 heteroatoms. The van der Waals surface area contributed by atoms with Crippen molar-refractivity contribution in [2.24, 2.45) is 0 Å². The summed E-state index contributed by atoms with van der Waals surface area (Å²) in [4.78, 5) is 16.4. The first-order valence-electron chi connectivity index (χ1n) is 8.78. The first-order chi connectivity index (χ1) is 12.3. The van der Waals surface area contributed by atoms with Gasteiger partial charge in [0.05, 0.1) is 0 Å². The summed E-state index contributed by atoms with van der Waals surface area (Å²) in [5.74, 6) is 0. The minimum Gasteiger partial charge on any atom is -0.423 e. The fraction of sp³-hybridized carbons (Fsp3) is 0.286. The molecule has 4 nitrogen and oxygen atoms in total. The smallest absolute Gasteiger partial charge is 0.336 e. The van der Waals surface area contributed by atoms with Crippen molar-refractivity contribution in [3.8, 4) is 0 Å². The summed E-state index contributed by atoms with van der Waals surface area (Å²) in [6, 6.07) is 20.1. The Hall–Kier alpha value is -2.43.